The van der Waals surface area contributed by atoms with Crippen LogP contribution in [0.2, 0.25) is 0 Å². The lowest BCUT2D eigenvalue weighted by atomic mass is 10.1. The number of carbonyl (C=O) groups is 2. The smallest absolute Gasteiger partial charge is 0.310 e. The number of rotatable bonds is 6. The minimum absolute atomic E-state index is 0.0309. The molecule has 0 heterocycles. The summed E-state index contributed by atoms with van der Waals surface area (Å²) in [5.41, 5.74) is 7.09. The highest BCUT2D eigenvalue weighted by Gasteiger charge is 2.08. The van der Waals surface area contributed by atoms with Gasteiger partial charge in [-0.15, -0.1) is 0 Å². The average molecular weight is 264 g/mol. The Morgan fingerprint density at radius 1 is 1.26 bits per heavy atom. The molecule has 5 heteroatoms. The molecule has 0 aliphatic carbocycles. The number of nitrogens with two attached hydrogens (primary N) is 1. The number of anilines is 1. The van der Waals surface area contributed by atoms with Crippen molar-refractivity contribution in [1.82, 2.24) is 4.90 Å². The van der Waals surface area contributed by atoms with Crippen LogP contribution < -0.4 is 5.73 Å². The number of amides is 1. The Hall–Kier alpha value is -2.04. The Labute approximate surface area is 113 Å². The molecule has 0 saturated heterocycles. The van der Waals surface area contributed by atoms with Crippen molar-refractivity contribution in [3.05, 3.63) is 29.8 Å². The van der Waals surface area contributed by atoms with Crippen LogP contribution >= 0.6 is 0 Å². The van der Waals surface area contributed by atoms with Gasteiger partial charge in [0.05, 0.1) is 13.0 Å². The third-order valence-electron chi connectivity index (χ3n) is 2.69. The third kappa shape index (κ3) is 5.42. The molecule has 0 spiro atoms. The minimum atomic E-state index is -0.324. The Balaban J connectivity index is 2.26. The van der Waals surface area contributed by atoms with E-state index in [0.717, 1.165) is 5.56 Å². The SMILES string of the molecule is CN(C)C(=O)CCCOC(=O)Cc1ccccc1N. The third-order valence-corrected chi connectivity index (χ3v) is 2.69. The topological polar surface area (TPSA) is 72.6 Å². The van der Waals surface area contributed by atoms with E-state index in [1.165, 1.54) is 4.90 Å². The van der Waals surface area contributed by atoms with E-state index < -0.39 is 0 Å². The molecule has 0 bridgehead atoms. The van der Waals surface area contributed by atoms with Gasteiger partial charge >= 0.3 is 5.97 Å². The van der Waals surface area contributed by atoms with Crippen molar-refractivity contribution in [2.75, 3.05) is 26.4 Å². The van der Waals surface area contributed by atoms with Gasteiger partial charge in [0, 0.05) is 26.2 Å². The largest absolute Gasteiger partial charge is 0.465 e. The Morgan fingerprint density at radius 3 is 2.58 bits per heavy atom. The lowest BCUT2D eigenvalue weighted by Gasteiger charge is -2.10. The van der Waals surface area contributed by atoms with E-state index >= 15 is 0 Å². The maximum absolute atomic E-state index is 11.6. The van der Waals surface area contributed by atoms with Gasteiger partial charge in [-0.05, 0) is 18.1 Å². The molecule has 0 aliphatic heterocycles. The predicted octanol–water partition coefficient (Wildman–Crippen LogP) is 1.22. The molecule has 2 N–H and O–H groups in total. The summed E-state index contributed by atoms with van der Waals surface area (Å²) in [7, 11) is 3.40. The zero-order chi connectivity index (χ0) is 14.3. The first-order chi connectivity index (χ1) is 9.00. The number of esters is 1. The summed E-state index contributed by atoms with van der Waals surface area (Å²) >= 11 is 0. The van der Waals surface area contributed by atoms with Gasteiger partial charge in [0.2, 0.25) is 5.91 Å². The van der Waals surface area contributed by atoms with Crippen molar-refractivity contribution in [1.29, 1.82) is 0 Å². The van der Waals surface area contributed by atoms with Crippen LogP contribution in [0.4, 0.5) is 5.69 Å². The van der Waals surface area contributed by atoms with Crippen LogP contribution in [-0.2, 0) is 20.7 Å². The van der Waals surface area contributed by atoms with Crippen LogP contribution in [-0.4, -0.2) is 37.5 Å². The molecule has 0 radical (unpaired) electrons. The van der Waals surface area contributed by atoms with Crippen LogP contribution in [0.5, 0.6) is 0 Å². The van der Waals surface area contributed by atoms with Gasteiger partial charge in [-0.2, -0.15) is 0 Å². The predicted molar refractivity (Wildman–Crippen MR) is 73.4 cm³/mol. The number of nitrogens with zero attached hydrogens (tertiary/aromatic N) is 1. The van der Waals surface area contributed by atoms with E-state index in [1.54, 1.807) is 26.2 Å². The van der Waals surface area contributed by atoms with E-state index in [1.807, 2.05) is 12.1 Å². The van der Waals surface area contributed by atoms with E-state index in [2.05, 4.69) is 0 Å². The van der Waals surface area contributed by atoms with E-state index in [9.17, 15) is 9.59 Å². The molecular weight excluding hydrogens is 244 g/mol. The molecule has 1 aromatic rings. The second-order valence-electron chi connectivity index (χ2n) is 4.49. The molecule has 0 fully saturated rings. The number of ether oxygens (including phenoxy) is 1. The van der Waals surface area contributed by atoms with Gasteiger partial charge in [-0.3, -0.25) is 9.59 Å². The van der Waals surface area contributed by atoms with Gasteiger partial charge in [0.1, 0.15) is 0 Å². The number of carbonyl (C=O) groups excluding carboxylic acids is 2. The number of nitrogen functional groups attached to an aromatic ring is 1. The molecule has 0 aromatic heterocycles. The van der Waals surface area contributed by atoms with Crippen molar-refractivity contribution in [3.8, 4) is 0 Å². The second kappa shape index (κ2) is 7.41. The molecule has 104 valence electrons. The molecule has 1 amide bonds. The van der Waals surface area contributed by atoms with E-state index in [-0.39, 0.29) is 24.9 Å². The number of para-hydroxylation sites is 1. The maximum Gasteiger partial charge on any atom is 0.310 e. The van der Waals surface area contributed by atoms with Crippen molar-refractivity contribution in [3.63, 3.8) is 0 Å². The summed E-state index contributed by atoms with van der Waals surface area (Å²) in [6.07, 6.45) is 1.08. The van der Waals surface area contributed by atoms with Crippen LogP contribution in [0.1, 0.15) is 18.4 Å². The van der Waals surface area contributed by atoms with Crippen LogP contribution in [0, 0.1) is 0 Å². The molecule has 5 nitrogen and oxygen atoms in total. The van der Waals surface area contributed by atoms with E-state index in [4.69, 9.17) is 10.5 Å². The first-order valence-corrected chi connectivity index (χ1v) is 6.20. The summed E-state index contributed by atoms with van der Waals surface area (Å²) in [6, 6.07) is 7.19. The van der Waals surface area contributed by atoms with Gasteiger partial charge in [0.25, 0.3) is 0 Å². The molecule has 0 atom stereocenters. The summed E-state index contributed by atoms with van der Waals surface area (Å²) in [5.74, 6) is -0.293. The summed E-state index contributed by atoms with van der Waals surface area (Å²) < 4.78 is 5.07. The second-order valence-corrected chi connectivity index (χ2v) is 4.49. The first-order valence-electron chi connectivity index (χ1n) is 6.20. The van der Waals surface area contributed by atoms with Crippen molar-refractivity contribution in [2.24, 2.45) is 0 Å². The molecular formula is C14H20N2O3. The van der Waals surface area contributed by atoms with Crippen LogP contribution in [0.3, 0.4) is 0 Å². The molecule has 1 rings (SSSR count). The van der Waals surface area contributed by atoms with Crippen LogP contribution in [0.15, 0.2) is 24.3 Å². The summed E-state index contributed by atoms with van der Waals surface area (Å²) in [6.45, 7) is 0.255. The molecule has 0 unspecified atom stereocenters. The standard InChI is InChI=1S/C14H20N2O3/c1-16(2)13(17)8-5-9-19-14(18)10-11-6-3-4-7-12(11)15/h3-4,6-7H,5,8-10,15H2,1-2H3. The first kappa shape index (κ1) is 15.0. The molecule has 1 aromatic carbocycles. The Kier molecular flexibility index (Phi) is 5.85. The summed E-state index contributed by atoms with van der Waals surface area (Å²) in [4.78, 5) is 24.4. The molecule has 19 heavy (non-hydrogen) atoms. The van der Waals surface area contributed by atoms with E-state index in [0.29, 0.717) is 18.5 Å². The Bertz CT molecular complexity index is 444. The van der Waals surface area contributed by atoms with Gasteiger partial charge in [-0.25, -0.2) is 0 Å². The fourth-order valence-electron chi connectivity index (χ4n) is 1.53. The molecule has 0 saturated carbocycles. The zero-order valence-electron chi connectivity index (χ0n) is 11.4. The zero-order valence-corrected chi connectivity index (χ0v) is 11.4. The summed E-state index contributed by atoms with van der Waals surface area (Å²) in [5, 5.41) is 0. The monoisotopic (exact) mass is 264 g/mol. The minimum Gasteiger partial charge on any atom is -0.465 e. The fraction of sp³-hybridized carbons (Fsp3) is 0.429. The normalized spacial score (nSPS) is 10.0. The number of benzene rings is 1. The van der Waals surface area contributed by atoms with Gasteiger partial charge in [-0.1, -0.05) is 18.2 Å². The lowest BCUT2D eigenvalue weighted by Crippen LogP contribution is -2.22. The van der Waals surface area contributed by atoms with Crippen molar-refractivity contribution < 1.29 is 14.3 Å². The van der Waals surface area contributed by atoms with Gasteiger partial charge < -0.3 is 15.4 Å². The lowest BCUT2D eigenvalue weighted by molar-refractivity contribution is -0.143. The van der Waals surface area contributed by atoms with Gasteiger partial charge in [0.15, 0.2) is 0 Å². The van der Waals surface area contributed by atoms with Crippen molar-refractivity contribution >= 4 is 17.6 Å². The quantitative estimate of drug-likeness (QED) is 0.476. The maximum atomic E-state index is 11.6. The van der Waals surface area contributed by atoms with Crippen LogP contribution in [0.25, 0.3) is 0 Å². The highest BCUT2D eigenvalue weighted by Crippen LogP contribution is 2.11. The van der Waals surface area contributed by atoms with Crippen molar-refractivity contribution in [2.45, 2.75) is 19.3 Å². The highest BCUT2D eigenvalue weighted by atomic mass is 16.5. The highest BCUT2D eigenvalue weighted by molar-refractivity contribution is 5.76. The fourth-order valence-corrected chi connectivity index (χ4v) is 1.53. The Morgan fingerprint density at radius 2 is 1.95 bits per heavy atom. The molecule has 0 aliphatic rings. The number of hydrogen-bond donors (Lipinski definition) is 1. The number of hydrogen-bond acceptors (Lipinski definition) is 4. The average Bonchev–Trinajstić information content (AvgIpc) is 2.37.